The van der Waals surface area contributed by atoms with Crippen molar-refractivity contribution in [3.63, 3.8) is 0 Å². The molecule has 0 atom stereocenters. The van der Waals surface area contributed by atoms with Crippen molar-refractivity contribution in [1.29, 1.82) is 0 Å². The van der Waals surface area contributed by atoms with Crippen LogP contribution in [0.5, 0.6) is 0 Å². The molecule has 0 bridgehead atoms. The third kappa shape index (κ3) is 9.83. The molecule has 0 aromatic carbocycles. The number of nitrogens with zero attached hydrogens (tertiary/aromatic N) is 1. The number of hydrogen-bond donors (Lipinski definition) is 0. The Balaban J connectivity index is 3.97. The summed E-state index contributed by atoms with van der Waals surface area (Å²) in [6.45, 7) is 5.00. The number of esters is 1. The molecule has 0 rings (SSSR count). The van der Waals surface area contributed by atoms with E-state index in [0.29, 0.717) is 6.54 Å². The molecule has 0 aliphatic heterocycles. The number of halogens is 3. The molecule has 4 nitrogen and oxygen atoms in total. The van der Waals surface area contributed by atoms with Gasteiger partial charge in [-0.15, -0.1) is 19.8 Å². The molecule has 0 aromatic rings. The van der Waals surface area contributed by atoms with Crippen molar-refractivity contribution in [1.82, 2.24) is 4.90 Å². The fraction of sp³-hybridized carbons (Fsp3) is 0.700. The number of rotatable bonds is 8. The van der Waals surface area contributed by atoms with Crippen LogP contribution in [0.1, 0.15) is 6.92 Å². The first-order valence-corrected chi connectivity index (χ1v) is 5.08. The molecule has 7 heteroatoms. The van der Waals surface area contributed by atoms with Crippen LogP contribution in [0.15, 0.2) is 12.7 Å². The summed E-state index contributed by atoms with van der Waals surface area (Å²) in [6, 6.07) is 0. The molecule has 0 saturated heterocycles. The van der Waals surface area contributed by atoms with Gasteiger partial charge in [-0.3, -0.25) is 14.4 Å². The molecule has 0 radical (unpaired) electrons. The fourth-order valence-electron chi connectivity index (χ4n) is 1.10. The van der Waals surface area contributed by atoms with Gasteiger partial charge in [-0.05, 0) is 6.92 Å². The highest BCUT2D eigenvalue weighted by Crippen LogP contribution is 2.15. The summed E-state index contributed by atoms with van der Waals surface area (Å²) in [7, 11) is 0. The molecule has 0 aliphatic carbocycles. The van der Waals surface area contributed by atoms with Crippen LogP contribution in [-0.4, -0.2) is 50.1 Å². The summed E-state index contributed by atoms with van der Waals surface area (Å²) >= 11 is 0. The monoisotopic (exact) mass is 255 g/mol. The summed E-state index contributed by atoms with van der Waals surface area (Å²) < 4.78 is 43.5. The Morgan fingerprint density at radius 1 is 1.47 bits per heavy atom. The SMILES string of the molecule is C=CCN(CCOC(F)(F)F)CC(=O)OCC. The van der Waals surface area contributed by atoms with E-state index in [1.807, 2.05) is 0 Å². The molecule has 0 N–H and O–H groups in total. The van der Waals surface area contributed by atoms with Crippen molar-refractivity contribution in [3.05, 3.63) is 12.7 Å². The molecule has 0 saturated carbocycles. The van der Waals surface area contributed by atoms with Gasteiger partial charge in [-0.1, -0.05) is 6.08 Å². The highest BCUT2D eigenvalue weighted by atomic mass is 19.4. The molecule has 0 unspecified atom stereocenters. The second-order valence-corrected chi connectivity index (χ2v) is 3.12. The minimum absolute atomic E-state index is 0.0235. The van der Waals surface area contributed by atoms with Gasteiger partial charge in [-0.2, -0.15) is 0 Å². The van der Waals surface area contributed by atoms with Crippen molar-refractivity contribution < 1.29 is 27.4 Å². The molecule has 100 valence electrons. The van der Waals surface area contributed by atoms with E-state index in [2.05, 4.69) is 16.1 Å². The molecule has 0 spiro atoms. The normalized spacial score (nSPS) is 11.6. The highest BCUT2D eigenvalue weighted by Gasteiger charge is 2.29. The Morgan fingerprint density at radius 2 is 2.12 bits per heavy atom. The van der Waals surface area contributed by atoms with Gasteiger partial charge in [0.25, 0.3) is 0 Å². The van der Waals surface area contributed by atoms with E-state index in [-0.39, 0.29) is 19.7 Å². The van der Waals surface area contributed by atoms with Crippen LogP contribution in [0, 0.1) is 0 Å². The first kappa shape index (κ1) is 15.9. The standard InChI is InChI=1S/C10H16F3NO3/c1-3-5-14(8-9(15)16-4-2)6-7-17-10(11,12)13/h3H,1,4-8H2,2H3. The Hall–Kier alpha value is -1.08. The smallest absolute Gasteiger partial charge is 0.465 e. The van der Waals surface area contributed by atoms with Gasteiger partial charge >= 0.3 is 12.3 Å². The molecular formula is C10H16F3NO3. The Kier molecular flexibility index (Phi) is 7.56. The Labute approximate surface area is 98.0 Å². The summed E-state index contributed by atoms with van der Waals surface area (Å²) in [6.07, 6.45) is -3.16. The maximum absolute atomic E-state index is 11.7. The van der Waals surface area contributed by atoms with E-state index >= 15 is 0 Å². The lowest BCUT2D eigenvalue weighted by Gasteiger charge is -2.19. The van der Waals surface area contributed by atoms with E-state index < -0.39 is 18.9 Å². The molecule has 0 heterocycles. The minimum Gasteiger partial charge on any atom is -0.465 e. The molecular weight excluding hydrogens is 239 g/mol. The third-order valence-corrected chi connectivity index (χ3v) is 1.72. The quantitative estimate of drug-likeness (QED) is 0.487. The number of carbonyl (C=O) groups is 1. The van der Waals surface area contributed by atoms with Crippen LogP contribution < -0.4 is 0 Å². The predicted octanol–water partition coefficient (Wildman–Crippen LogP) is 1.57. The van der Waals surface area contributed by atoms with Crippen LogP contribution in [0.4, 0.5) is 13.2 Å². The summed E-state index contributed by atoms with van der Waals surface area (Å²) in [5.41, 5.74) is 0. The number of alkyl halides is 3. The first-order chi connectivity index (χ1) is 7.89. The average molecular weight is 255 g/mol. The molecule has 0 aliphatic rings. The van der Waals surface area contributed by atoms with E-state index in [9.17, 15) is 18.0 Å². The first-order valence-electron chi connectivity index (χ1n) is 5.08. The van der Waals surface area contributed by atoms with Gasteiger partial charge in [0.2, 0.25) is 0 Å². The minimum atomic E-state index is -4.65. The molecule has 0 aromatic heterocycles. The van der Waals surface area contributed by atoms with Gasteiger partial charge in [-0.25, -0.2) is 0 Å². The second-order valence-electron chi connectivity index (χ2n) is 3.12. The number of hydrogen-bond acceptors (Lipinski definition) is 4. The van der Waals surface area contributed by atoms with E-state index in [4.69, 9.17) is 0 Å². The van der Waals surface area contributed by atoms with E-state index in [1.54, 1.807) is 6.92 Å². The van der Waals surface area contributed by atoms with Crippen molar-refractivity contribution in [2.45, 2.75) is 13.3 Å². The average Bonchev–Trinajstić information content (AvgIpc) is 2.16. The molecule has 0 fully saturated rings. The van der Waals surface area contributed by atoms with E-state index in [0.717, 1.165) is 0 Å². The zero-order chi connectivity index (χ0) is 13.3. The van der Waals surface area contributed by atoms with Gasteiger partial charge in [0.05, 0.1) is 19.8 Å². The summed E-state index contributed by atoms with van der Waals surface area (Å²) in [5.74, 6) is -0.485. The largest absolute Gasteiger partial charge is 0.522 e. The van der Waals surface area contributed by atoms with Crippen molar-refractivity contribution in [2.75, 3.05) is 32.8 Å². The van der Waals surface area contributed by atoms with Crippen molar-refractivity contribution in [3.8, 4) is 0 Å². The summed E-state index contributed by atoms with van der Waals surface area (Å²) in [4.78, 5) is 12.6. The van der Waals surface area contributed by atoms with Crippen LogP contribution in [0.25, 0.3) is 0 Å². The predicted molar refractivity (Wildman–Crippen MR) is 55.3 cm³/mol. The lowest BCUT2D eigenvalue weighted by atomic mass is 10.4. The van der Waals surface area contributed by atoms with Crippen LogP contribution in [0.3, 0.4) is 0 Å². The Morgan fingerprint density at radius 3 is 2.59 bits per heavy atom. The third-order valence-electron chi connectivity index (χ3n) is 1.72. The van der Waals surface area contributed by atoms with Gasteiger partial charge in [0.15, 0.2) is 0 Å². The maximum Gasteiger partial charge on any atom is 0.522 e. The lowest BCUT2D eigenvalue weighted by molar-refractivity contribution is -0.324. The van der Waals surface area contributed by atoms with Gasteiger partial charge in [0, 0.05) is 13.1 Å². The van der Waals surface area contributed by atoms with Crippen LogP contribution in [0.2, 0.25) is 0 Å². The maximum atomic E-state index is 11.7. The van der Waals surface area contributed by atoms with Crippen LogP contribution in [-0.2, 0) is 14.3 Å². The van der Waals surface area contributed by atoms with Crippen LogP contribution >= 0.6 is 0 Å². The van der Waals surface area contributed by atoms with Gasteiger partial charge in [0.1, 0.15) is 0 Å². The second kappa shape index (κ2) is 8.08. The van der Waals surface area contributed by atoms with E-state index in [1.165, 1.54) is 11.0 Å². The number of carbonyl (C=O) groups excluding carboxylic acids is 1. The zero-order valence-electron chi connectivity index (χ0n) is 9.63. The topological polar surface area (TPSA) is 38.8 Å². The Bertz CT molecular complexity index is 243. The van der Waals surface area contributed by atoms with Crippen molar-refractivity contribution in [2.24, 2.45) is 0 Å². The lowest BCUT2D eigenvalue weighted by Crippen LogP contribution is -2.35. The van der Waals surface area contributed by atoms with Gasteiger partial charge < -0.3 is 4.74 Å². The molecule has 0 amide bonds. The summed E-state index contributed by atoms with van der Waals surface area (Å²) in [5, 5.41) is 0. The number of ether oxygens (including phenoxy) is 2. The van der Waals surface area contributed by atoms with Crippen molar-refractivity contribution >= 4 is 5.97 Å². The fourth-order valence-corrected chi connectivity index (χ4v) is 1.10. The zero-order valence-corrected chi connectivity index (χ0v) is 9.63. The molecule has 17 heavy (non-hydrogen) atoms. The highest BCUT2D eigenvalue weighted by molar-refractivity contribution is 5.71.